The summed E-state index contributed by atoms with van der Waals surface area (Å²) in [7, 11) is -2.24. The van der Waals surface area contributed by atoms with Crippen molar-refractivity contribution in [3.05, 3.63) is 65.9 Å². The summed E-state index contributed by atoms with van der Waals surface area (Å²) in [6, 6.07) is 6.49. The van der Waals surface area contributed by atoms with E-state index in [0.29, 0.717) is 5.56 Å². The van der Waals surface area contributed by atoms with Gasteiger partial charge in [0, 0.05) is 53.4 Å². The van der Waals surface area contributed by atoms with Gasteiger partial charge >= 0.3 is 12.1 Å². The quantitative estimate of drug-likeness (QED) is 0.301. The molecule has 0 amide bonds. The number of ether oxygens (including phenoxy) is 2. The third kappa shape index (κ3) is 6.20. The molecule has 3 heterocycles. The van der Waals surface area contributed by atoms with Gasteiger partial charge in [0.05, 0.1) is 24.2 Å². The highest BCUT2D eigenvalue weighted by atomic mass is 32.2. The summed E-state index contributed by atoms with van der Waals surface area (Å²) in [5.41, 5.74) is -0.118. The second-order valence-corrected chi connectivity index (χ2v) is 10.5. The van der Waals surface area contributed by atoms with Gasteiger partial charge in [-0.15, -0.1) is 0 Å². The van der Waals surface area contributed by atoms with Crippen LogP contribution >= 0.6 is 0 Å². The summed E-state index contributed by atoms with van der Waals surface area (Å²) < 4.78 is 75.8. The van der Waals surface area contributed by atoms with Gasteiger partial charge in [-0.2, -0.15) is 23.3 Å². The molecule has 1 N–H and O–H groups in total. The van der Waals surface area contributed by atoms with E-state index in [2.05, 4.69) is 25.4 Å². The fraction of sp³-hybridized carbons (Fsp3) is 0.240. The minimum absolute atomic E-state index is 0.0363. The van der Waals surface area contributed by atoms with Gasteiger partial charge in [0.25, 0.3) is 0 Å². The third-order valence-corrected chi connectivity index (χ3v) is 6.60. The van der Waals surface area contributed by atoms with Crippen molar-refractivity contribution in [1.29, 1.82) is 0 Å². The zero-order chi connectivity index (χ0) is 29.2. The number of pyridine rings is 1. The first-order chi connectivity index (χ1) is 18.8. The molecule has 11 nitrogen and oxygen atoms in total. The fourth-order valence-corrected chi connectivity index (χ4v) is 4.32. The number of halogens is 3. The Kier molecular flexibility index (Phi) is 7.77. The molecule has 0 saturated heterocycles. The number of nitrogens with zero attached hydrogens (tertiary/aromatic N) is 5. The number of carbonyl (C=O) groups excluding carboxylic acids is 1. The second kappa shape index (κ2) is 10.9. The van der Waals surface area contributed by atoms with Gasteiger partial charge < -0.3 is 14.8 Å². The lowest BCUT2D eigenvalue weighted by Crippen LogP contribution is -2.11. The van der Waals surface area contributed by atoms with Crippen molar-refractivity contribution in [2.45, 2.75) is 24.9 Å². The molecular weight excluding hydrogens is 553 g/mol. The van der Waals surface area contributed by atoms with E-state index in [4.69, 9.17) is 9.47 Å². The van der Waals surface area contributed by atoms with Crippen LogP contribution in [0.3, 0.4) is 0 Å². The normalized spacial score (nSPS) is 11.8. The number of benzene rings is 1. The number of carbonyl (C=O) groups is 1. The molecule has 0 spiro atoms. The van der Waals surface area contributed by atoms with E-state index in [9.17, 15) is 26.4 Å². The summed E-state index contributed by atoms with van der Waals surface area (Å²) in [5.74, 6) is -0.530. The van der Waals surface area contributed by atoms with E-state index in [-0.39, 0.29) is 51.5 Å². The smallest absolute Gasteiger partial charge is 0.435 e. The highest BCUT2D eigenvalue weighted by Crippen LogP contribution is 2.33. The molecule has 0 fully saturated rings. The Morgan fingerprint density at radius 2 is 1.85 bits per heavy atom. The number of aromatic nitrogens is 5. The average molecular weight is 577 g/mol. The monoisotopic (exact) mass is 576 g/mol. The average Bonchev–Trinajstić information content (AvgIpc) is 3.30. The number of aryl methyl sites for hydroxylation is 1. The van der Waals surface area contributed by atoms with Crippen LogP contribution in [-0.2, 0) is 20.8 Å². The first-order valence-electron chi connectivity index (χ1n) is 11.6. The summed E-state index contributed by atoms with van der Waals surface area (Å²) >= 11 is 0. The van der Waals surface area contributed by atoms with Gasteiger partial charge in [0.15, 0.2) is 21.3 Å². The molecule has 210 valence electrons. The van der Waals surface area contributed by atoms with Crippen LogP contribution in [0, 0.1) is 6.92 Å². The predicted molar refractivity (Wildman–Crippen MR) is 137 cm³/mol. The molecule has 0 aliphatic carbocycles. The molecule has 0 aliphatic heterocycles. The van der Waals surface area contributed by atoms with E-state index in [1.807, 2.05) is 0 Å². The van der Waals surface area contributed by atoms with Crippen LogP contribution < -0.4 is 10.1 Å². The van der Waals surface area contributed by atoms with Crippen molar-refractivity contribution in [3.63, 3.8) is 0 Å². The lowest BCUT2D eigenvalue weighted by molar-refractivity contribution is -0.141. The Morgan fingerprint density at radius 3 is 2.48 bits per heavy atom. The lowest BCUT2D eigenvalue weighted by atomic mass is 10.1. The van der Waals surface area contributed by atoms with Crippen molar-refractivity contribution >= 4 is 27.4 Å². The Bertz CT molecular complexity index is 1690. The summed E-state index contributed by atoms with van der Waals surface area (Å²) in [5, 5.41) is 6.57. The first kappa shape index (κ1) is 28.5. The van der Waals surface area contributed by atoms with Gasteiger partial charge in [0.1, 0.15) is 5.75 Å². The van der Waals surface area contributed by atoms with E-state index in [1.165, 1.54) is 56.9 Å². The zero-order valence-corrected chi connectivity index (χ0v) is 22.5. The Balaban J connectivity index is 1.87. The van der Waals surface area contributed by atoms with Gasteiger partial charge in [-0.05, 0) is 38.1 Å². The molecule has 0 radical (unpaired) electrons. The summed E-state index contributed by atoms with van der Waals surface area (Å²) in [6.07, 6.45) is 0.329. The number of nitrogens with one attached hydrogen (secondary N) is 1. The Hall–Kier alpha value is -4.53. The summed E-state index contributed by atoms with van der Waals surface area (Å²) in [6.45, 7) is 3.21. The Morgan fingerprint density at radius 1 is 1.10 bits per heavy atom. The topological polar surface area (TPSA) is 138 Å². The minimum Gasteiger partial charge on any atom is -0.497 e. The van der Waals surface area contributed by atoms with E-state index in [1.54, 1.807) is 6.92 Å². The molecular formula is C25H23F3N6O5S. The SMILES string of the molecule is CCOC(=O)c1cncc(-c2cnc(Nc3cc(OC)cc(S(C)(=O)=O)c3)nc2-n2nc(C(F)(F)F)cc2C)c1. The number of anilines is 2. The number of rotatable bonds is 8. The highest BCUT2D eigenvalue weighted by molar-refractivity contribution is 7.90. The molecule has 0 unspecified atom stereocenters. The maximum Gasteiger partial charge on any atom is 0.435 e. The number of methoxy groups -OCH3 is 1. The van der Waals surface area contributed by atoms with Crippen LogP contribution in [-0.4, -0.2) is 59.1 Å². The van der Waals surface area contributed by atoms with E-state index >= 15 is 0 Å². The maximum absolute atomic E-state index is 13.5. The maximum atomic E-state index is 13.5. The van der Waals surface area contributed by atoms with Crippen LogP contribution in [0.25, 0.3) is 16.9 Å². The van der Waals surface area contributed by atoms with Crippen molar-refractivity contribution in [3.8, 4) is 22.7 Å². The molecule has 1 aromatic carbocycles. The van der Waals surface area contributed by atoms with Gasteiger partial charge in [-0.3, -0.25) is 4.98 Å². The molecule has 0 atom stereocenters. The van der Waals surface area contributed by atoms with Crippen LogP contribution in [0.15, 0.2) is 53.8 Å². The third-order valence-electron chi connectivity index (χ3n) is 5.51. The van der Waals surface area contributed by atoms with Crippen molar-refractivity contribution in [2.75, 3.05) is 25.3 Å². The van der Waals surface area contributed by atoms with Crippen molar-refractivity contribution < 1.29 is 35.9 Å². The number of hydrogen-bond donors (Lipinski definition) is 1. The number of esters is 1. The minimum atomic E-state index is -4.71. The first-order valence-corrected chi connectivity index (χ1v) is 13.5. The standard InChI is InChI=1S/C25H23F3N6O5S/c1-5-39-23(35)16-7-15(11-29-12-16)20-13-30-24(31-17-8-18(38-3)10-19(9-17)40(4,36)37)32-22(20)34-14(2)6-21(33-34)25(26,27)28/h6-13H,5H2,1-4H3,(H,30,31,32). The van der Waals surface area contributed by atoms with Crippen LogP contribution in [0.2, 0.25) is 0 Å². The molecule has 0 saturated carbocycles. The molecule has 40 heavy (non-hydrogen) atoms. The number of alkyl halides is 3. The van der Waals surface area contributed by atoms with E-state index < -0.39 is 27.7 Å². The van der Waals surface area contributed by atoms with Crippen molar-refractivity contribution in [1.82, 2.24) is 24.7 Å². The highest BCUT2D eigenvalue weighted by Gasteiger charge is 2.35. The lowest BCUT2D eigenvalue weighted by Gasteiger charge is -2.14. The van der Waals surface area contributed by atoms with Crippen LogP contribution in [0.4, 0.5) is 24.8 Å². The predicted octanol–water partition coefficient (Wildman–Crippen LogP) is 4.38. The molecule has 4 rings (SSSR count). The Labute approximate surface area is 226 Å². The molecule has 0 aliphatic rings. The van der Waals surface area contributed by atoms with Crippen molar-refractivity contribution in [2.24, 2.45) is 0 Å². The van der Waals surface area contributed by atoms with Gasteiger partial charge in [-0.1, -0.05) is 0 Å². The number of sulfone groups is 1. The molecule has 3 aromatic heterocycles. The molecule has 15 heteroatoms. The fourth-order valence-electron chi connectivity index (χ4n) is 3.64. The largest absolute Gasteiger partial charge is 0.497 e. The van der Waals surface area contributed by atoms with Gasteiger partial charge in [0.2, 0.25) is 5.95 Å². The van der Waals surface area contributed by atoms with Crippen LogP contribution in [0.5, 0.6) is 5.75 Å². The van der Waals surface area contributed by atoms with Crippen LogP contribution in [0.1, 0.15) is 28.7 Å². The number of hydrogen-bond acceptors (Lipinski definition) is 10. The zero-order valence-electron chi connectivity index (χ0n) is 21.6. The summed E-state index contributed by atoms with van der Waals surface area (Å²) in [4.78, 5) is 24.9. The van der Waals surface area contributed by atoms with E-state index in [0.717, 1.165) is 17.0 Å². The van der Waals surface area contributed by atoms with Gasteiger partial charge in [-0.25, -0.2) is 22.9 Å². The second-order valence-electron chi connectivity index (χ2n) is 8.49. The molecule has 4 aromatic rings. The molecule has 0 bridgehead atoms.